The molecule has 0 fully saturated rings. The van der Waals surface area contributed by atoms with E-state index in [-0.39, 0.29) is 17.9 Å². The first-order valence-corrected chi connectivity index (χ1v) is 9.17. The predicted octanol–water partition coefficient (Wildman–Crippen LogP) is 3.51. The van der Waals surface area contributed by atoms with Crippen LogP contribution in [0.1, 0.15) is 69.1 Å². The molecule has 1 aromatic heterocycles. The van der Waals surface area contributed by atoms with E-state index in [0.29, 0.717) is 11.3 Å². The van der Waals surface area contributed by atoms with Gasteiger partial charge < -0.3 is 10.1 Å². The second-order valence-corrected chi connectivity index (χ2v) is 7.11. The number of unbranched alkanes of at least 4 members (excludes halogenated alkanes) is 1. The van der Waals surface area contributed by atoms with Crippen LogP contribution < -0.4 is 5.32 Å². The van der Waals surface area contributed by atoms with Gasteiger partial charge in [0.1, 0.15) is 18.0 Å². The fourth-order valence-electron chi connectivity index (χ4n) is 2.75. The maximum Gasteiger partial charge on any atom is 0.252 e. The molecule has 0 spiro atoms. The molecule has 6 nitrogen and oxygen atoms in total. The third-order valence-electron chi connectivity index (χ3n) is 4.96. The Hall–Kier alpha value is -2.50. The number of hydrogen-bond acceptors (Lipinski definition) is 4. The molecule has 1 amide bonds. The number of amides is 1. The topological polar surface area (TPSA) is 76.9 Å². The van der Waals surface area contributed by atoms with E-state index in [2.05, 4.69) is 22.6 Å². The second kappa shape index (κ2) is 8.74. The van der Waals surface area contributed by atoms with E-state index in [1.807, 2.05) is 39.0 Å². The molecule has 2 aromatic rings. The summed E-state index contributed by atoms with van der Waals surface area (Å²) in [5, 5.41) is 11.5. The molecule has 0 radical (unpaired) electrons. The van der Waals surface area contributed by atoms with Gasteiger partial charge in [0.15, 0.2) is 0 Å². The largest absolute Gasteiger partial charge is 0.341 e. The highest BCUT2D eigenvalue weighted by atomic mass is 16.1. The van der Waals surface area contributed by atoms with E-state index in [4.69, 9.17) is 0 Å². The molecule has 140 valence electrons. The average Bonchev–Trinajstić information content (AvgIpc) is 3.13. The summed E-state index contributed by atoms with van der Waals surface area (Å²) in [6, 6.07) is 8.78. The van der Waals surface area contributed by atoms with E-state index < -0.39 is 5.54 Å². The van der Waals surface area contributed by atoms with Crippen LogP contribution in [0.2, 0.25) is 0 Å². The fraction of sp³-hybridized carbons (Fsp3) is 0.500. The Labute approximate surface area is 155 Å². The minimum Gasteiger partial charge on any atom is -0.341 e. The van der Waals surface area contributed by atoms with Crippen molar-refractivity contribution in [3.63, 3.8) is 0 Å². The normalized spacial score (nSPS) is 14.7. The van der Waals surface area contributed by atoms with E-state index in [9.17, 15) is 9.59 Å². The fourth-order valence-corrected chi connectivity index (χ4v) is 2.75. The Morgan fingerprint density at radius 2 is 2.00 bits per heavy atom. The number of nitrogens with one attached hydrogen (secondary N) is 1. The molecule has 1 N–H and O–H groups in total. The number of aromatic nitrogens is 3. The van der Waals surface area contributed by atoms with Crippen LogP contribution in [0.15, 0.2) is 36.5 Å². The van der Waals surface area contributed by atoms with Crippen molar-refractivity contribution in [2.24, 2.45) is 5.92 Å². The van der Waals surface area contributed by atoms with Crippen LogP contribution in [-0.2, 0) is 10.3 Å². The molecule has 0 unspecified atom stereocenters. The van der Waals surface area contributed by atoms with Crippen LogP contribution in [-0.4, -0.2) is 27.2 Å². The molecule has 1 aromatic carbocycles. The summed E-state index contributed by atoms with van der Waals surface area (Å²) >= 11 is 0. The molecule has 2 rings (SSSR count). The summed E-state index contributed by atoms with van der Waals surface area (Å²) in [6.07, 6.45) is 5.38. The van der Waals surface area contributed by atoms with Gasteiger partial charge in [0.2, 0.25) is 0 Å². The van der Waals surface area contributed by atoms with E-state index in [1.165, 1.54) is 0 Å². The Balaban J connectivity index is 2.26. The van der Waals surface area contributed by atoms with Crippen LogP contribution in [0.5, 0.6) is 0 Å². The number of nitrogens with zero attached hydrogens (tertiary/aromatic N) is 3. The van der Waals surface area contributed by atoms with E-state index >= 15 is 0 Å². The minimum absolute atomic E-state index is 0.0886. The Bertz CT molecular complexity index is 726. The van der Waals surface area contributed by atoms with Gasteiger partial charge in [0.25, 0.3) is 5.91 Å². The molecule has 26 heavy (non-hydrogen) atoms. The molecule has 0 bridgehead atoms. The van der Waals surface area contributed by atoms with Gasteiger partial charge in [-0.15, -0.1) is 5.10 Å². The predicted molar refractivity (Wildman–Crippen MR) is 101 cm³/mol. The summed E-state index contributed by atoms with van der Waals surface area (Å²) in [5.41, 5.74) is 0.559. The minimum atomic E-state index is -0.691. The number of aldehydes is 1. The number of hydrogen-bond donors (Lipinski definition) is 1. The lowest BCUT2D eigenvalue weighted by Gasteiger charge is -2.33. The van der Waals surface area contributed by atoms with Crippen molar-refractivity contribution in [2.75, 3.05) is 0 Å². The summed E-state index contributed by atoms with van der Waals surface area (Å²) in [6.45, 7) is 8.08. The van der Waals surface area contributed by atoms with Crippen LogP contribution in [0.4, 0.5) is 0 Å². The van der Waals surface area contributed by atoms with Gasteiger partial charge in [0, 0.05) is 5.56 Å². The molecule has 0 saturated carbocycles. The van der Waals surface area contributed by atoms with Crippen molar-refractivity contribution in [2.45, 2.75) is 58.5 Å². The van der Waals surface area contributed by atoms with Gasteiger partial charge >= 0.3 is 0 Å². The van der Waals surface area contributed by atoms with Crippen molar-refractivity contribution in [3.8, 4) is 0 Å². The third-order valence-corrected chi connectivity index (χ3v) is 4.96. The Morgan fingerprint density at radius 3 is 2.58 bits per heavy atom. The SMILES string of the molecule is CCCC[C@@H](C=O)n1cc([C@@](C)(NC(=O)c2ccccc2)C(C)C)nn1. The van der Waals surface area contributed by atoms with Gasteiger partial charge in [-0.1, -0.05) is 57.0 Å². The first-order valence-electron chi connectivity index (χ1n) is 9.17. The zero-order chi connectivity index (χ0) is 19.2. The molecular weight excluding hydrogens is 328 g/mol. The summed E-state index contributed by atoms with van der Waals surface area (Å²) < 4.78 is 1.60. The van der Waals surface area contributed by atoms with Crippen LogP contribution in [0.25, 0.3) is 0 Å². The summed E-state index contributed by atoms with van der Waals surface area (Å²) in [7, 11) is 0. The van der Waals surface area contributed by atoms with Gasteiger partial charge in [-0.3, -0.25) is 4.79 Å². The highest BCUT2D eigenvalue weighted by molar-refractivity contribution is 5.94. The van der Waals surface area contributed by atoms with E-state index in [0.717, 1.165) is 25.5 Å². The van der Waals surface area contributed by atoms with Crippen molar-refractivity contribution >= 4 is 12.2 Å². The van der Waals surface area contributed by atoms with Crippen LogP contribution in [0, 0.1) is 5.92 Å². The molecule has 2 atom stereocenters. The van der Waals surface area contributed by atoms with Gasteiger partial charge in [-0.05, 0) is 31.4 Å². The quantitative estimate of drug-likeness (QED) is 0.698. The highest BCUT2D eigenvalue weighted by Crippen LogP contribution is 2.28. The zero-order valence-electron chi connectivity index (χ0n) is 16.0. The first kappa shape index (κ1) is 19.8. The van der Waals surface area contributed by atoms with E-state index in [1.54, 1.807) is 23.0 Å². The Morgan fingerprint density at radius 1 is 1.31 bits per heavy atom. The van der Waals surface area contributed by atoms with Gasteiger partial charge in [-0.25, -0.2) is 4.68 Å². The molecule has 6 heteroatoms. The third kappa shape index (κ3) is 4.36. The van der Waals surface area contributed by atoms with Gasteiger partial charge in [-0.2, -0.15) is 0 Å². The van der Waals surface area contributed by atoms with Crippen LogP contribution in [0.3, 0.4) is 0 Å². The second-order valence-electron chi connectivity index (χ2n) is 7.11. The maximum atomic E-state index is 12.7. The summed E-state index contributed by atoms with van der Waals surface area (Å²) in [4.78, 5) is 24.1. The molecule has 0 aliphatic heterocycles. The molecular formula is C20H28N4O2. The van der Waals surface area contributed by atoms with Crippen LogP contribution >= 0.6 is 0 Å². The van der Waals surface area contributed by atoms with Crippen molar-refractivity contribution in [1.82, 2.24) is 20.3 Å². The number of rotatable bonds is 9. The lowest BCUT2D eigenvalue weighted by molar-refractivity contribution is -0.111. The first-order chi connectivity index (χ1) is 12.4. The molecule has 1 heterocycles. The highest BCUT2D eigenvalue weighted by Gasteiger charge is 2.35. The zero-order valence-corrected chi connectivity index (χ0v) is 16.0. The smallest absolute Gasteiger partial charge is 0.252 e. The van der Waals surface area contributed by atoms with Crippen molar-refractivity contribution in [1.29, 1.82) is 0 Å². The molecule has 0 aliphatic carbocycles. The average molecular weight is 356 g/mol. The standard InChI is InChI=1S/C20H28N4O2/c1-5-6-12-17(14-25)24-13-18(22-23-24)20(4,15(2)3)21-19(26)16-10-8-7-9-11-16/h7-11,13-15,17H,5-6,12H2,1-4H3,(H,21,26)/t17-,20-/m0/s1. The Kier molecular flexibility index (Phi) is 6.66. The van der Waals surface area contributed by atoms with Gasteiger partial charge in [0.05, 0.1) is 11.7 Å². The number of carbonyl (C=O) groups is 2. The molecule has 0 saturated heterocycles. The monoisotopic (exact) mass is 356 g/mol. The maximum absolute atomic E-state index is 12.7. The number of carbonyl (C=O) groups excluding carboxylic acids is 2. The van der Waals surface area contributed by atoms with Crippen molar-refractivity contribution < 1.29 is 9.59 Å². The van der Waals surface area contributed by atoms with Crippen molar-refractivity contribution in [3.05, 3.63) is 47.8 Å². The lowest BCUT2D eigenvalue weighted by atomic mass is 9.85. The summed E-state index contributed by atoms with van der Waals surface area (Å²) in [5.74, 6) is -0.0695. The lowest BCUT2D eigenvalue weighted by Crippen LogP contribution is -2.47. The molecule has 0 aliphatic rings. The number of benzene rings is 1.